The molecule has 0 aliphatic carbocycles. The molecule has 1 aromatic rings. The highest BCUT2D eigenvalue weighted by Gasteiger charge is 2.24. The number of hydrogen-bond acceptors (Lipinski definition) is 2. The van der Waals surface area contributed by atoms with E-state index in [1.807, 2.05) is 0 Å². The number of rotatable bonds is 5. The Hall–Kier alpha value is -0.570. The van der Waals surface area contributed by atoms with E-state index in [4.69, 9.17) is 16.5 Å². The Kier molecular flexibility index (Phi) is 4.78. The van der Waals surface area contributed by atoms with Gasteiger partial charge in [0.05, 0.1) is 0 Å². The molecule has 0 aliphatic heterocycles. The predicted molar refractivity (Wildman–Crippen MR) is 65.2 cm³/mol. The van der Waals surface area contributed by atoms with Crippen LogP contribution < -0.4 is 5.32 Å². The highest BCUT2D eigenvalue weighted by molar-refractivity contribution is 7.57. The van der Waals surface area contributed by atoms with Gasteiger partial charge in [-0.3, -0.25) is 4.57 Å². The molecule has 6 heteroatoms. The van der Waals surface area contributed by atoms with Crippen molar-refractivity contribution in [1.29, 1.82) is 0 Å². The van der Waals surface area contributed by atoms with E-state index in [0.717, 1.165) is 12.4 Å². The lowest BCUT2D eigenvalue weighted by atomic mass is 10.3. The third-order valence-corrected chi connectivity index (χ3v) is 3.63. The van der Waals surface area contributed by atoms with E-state index >= 15 is 0 Å². The van der Waals surface area contributed by atoms with Gasteiger partial charge in [-0.2, -0.15) is 0 Å². The van der Waals surface area contributed by atoms with E-state index in [1.165, 1.54) is 0 Å². The molecule has 2 atom stereocenters. The second kappa shape index (κ2) is 5.67. The molecule has 0 aromatic heterocycles. The summed E-state index contributed by atoms with van der Waals surface area (Å²) in [5.74, 6) is -1.67. The Morgan fingerprint density at radius 1 is 1.50 bits per heavy atom. The largest absolute Gasteiger partial charge is 0.385 e. The summed E-state index contributed by atoms with van der Waals surface area (Å²) in [6.07, 6.45) is 0.00685. The molecule has 90 valence electrons. The minimum atomic E-state index is -3.61. The van der Waals surface area contributed by atoms with Crippen LogP contribution in [-0.4, -0.2) is 24.0 Å². The van der Waals surface area contributed by atoms with E-state index in [2.05, 4.69) is 5.32 Å². The Bertz CT molecular complexity index is 379. The van der Waals surface area contributed by atoms with Crippen molar-refractivity contribution < 1.29 is 13.8 Å². The van der Waals surface area contributed by atoms with Gasteiger partial charge in [0.2, 0.25) is 7.37 Å². The van der Waals surface area contributed by atoms with Crippen molar-refractivity contribution in [1.82, 2.24) is 0 Å². The number of alkyl halides is 1. The molecule has 0 fully saturated rings. The number of hydrogen-bond donors (Lipinski definition) is 2. The number of benzene rings is 1. The highest BCUT2D eigenvalue weighted by atomic mass is 35.5. The molecule has 16 heavy (non-hydrogen) atoms. The fraction of sp³-hybridized carbons (Fsp3) is 0.400. The lowest BCUT2D eigenvalue weighted by Crippen LogP contribution is -2.09. The zero-order valence-electron chi connectivity index (χ0n) is 8.86. The first-order valence-corrected chi connectivity index (χ1v) is 7.38. The van der Waals surface area contributed by atoms with Crippen LogP contribution in [0.1, 0.15) is 6.42 Å². The molecule has 0 saturated carbocycles. The van der Waals surface area contributed by atoms with Crippen LogP contribution in [0.25, 0.3) is 0 Å². The second-order valence-electron chi connectivity index (χ2n) is 3.60. The van der Waals surface area contributed by atoms with Crippen LogP contribution in [0.4, 0.5) is 10.1 Å². The molecular weight excluding hydrogens is 252 g/mol. The summed E-state index contributed by atoms with van der Waals surface area (Å²) in [5, 5.41) is 3.57. The molecule has 2 N–H and O–H groups in total. The molecule has 0 heterocycles. The van der Waals surface area contributed by atoms with Crippen LogP contribution in [-0.2, 0) is 4.57 Å². The number of nitrogens with one attached hydrogen (secondary N) is 1. The highest BCUT2D eigenvalue weighted by Crippen LogP contribution is 2.44. The lowest BCUT2D eigenvalue weighted by Gasteiger charge is -2.12. The summed E-state index contributed by atoms with van der Waals surface area (Å²) >= 11 is 5.70. The number of anilines is 1. The first-order valence-electron chi connectivity index (χ1n) is 4.83. The summed E-state index contributed by atoms with van der Waals surface area (Å²) in [6.45, 7) is 1.33. The van der Waals surface area contributed by atoms with E-state index in [9.17, 15) is 8.96 Å². The smallest absolute Gasteiger partial charge is 0.230 e. The fourth-order valence-corrected chi connectivity index (χ4v) is 1.88. The van der Waals surface area contributed by atoms with Crippen molar-refractivity contribution in [3.63, 3.8) is 0 Å². The third kappa shape index (κ3) is 4.52. The summed E-state index contributed by atoms with van der Waals surface area (Å²) < 4.78 is 24.0. The van der Waals surface area contributed by atoms with E-state index in [-0.39, 0.29) is 6.42 Å². The number of halogens is 2. The average molecular weight is 266 g/mol. The summed E-state index contributed by atoms with van der Waals surface area (Å²) in [7, 11) is -3.61. The van der Waals surface area contributed by atoms with Crippen LogP contribution >= 0.6 is 19.0 Å². The van der Waals surface area contributed by atoms with Crippen LogP contribution in [0.5, 0.6) is 0 Å². The van der Waals surface area contributed by atoms with Crippen molar-refractivity contribution in [3.05, 3.63) is 29.3 Å². The molecule has 1 aromatic carbocycles. The fourth-order valence-electron chi connectivity index (χ4n) is 1.14. The maximum Gasteiger partial charge on any atom is 0.230 e. The van der Waals surface area contributed by atoms with Crippen LogP contribution in [0, 0.1) is 0 Å². The SMILES string of the molecule is CP(=O)(O)C(F)CCNc1ccc(Cl)cc1. The van der Waals surface area contributed by atoms with Crippen molar-refractivity contribution in [2.24, 2.45) is 0 Å². The normalized spacial score (nSPS) is 16.5. The van der Waals surface area contributed by atoms with Gasteiger partial charge in [-0.15, -0.1) is 0 Å². The van der Waals surface area contributed by atoms with E-state index < -0.39 is 13.3 Å². The van der Waals surface area contributed by atoms with Crippen molar-refractivity contribution in [2.75, 3.05) is 18.5 Å². The van der Waals surface area contributed by atoms with Gasteiger partial charge in [-0.1, -0.05) is 11.6 Å². The monoisotopic (exact) mass is 265 g/mol. The summed E-state index contributed by atoms with van der Waals surface area (Å²) in [6, 6.07) is 6.96. The Labute approximate surface area is 99.1 Å². The van der Waals surface area contributed by atoms with Gasteiger partial charge in [0, 0.05) is 30.3 Å². The van der Waals surface area contributed by atoms with Crippen molar-refractivity contribution in [3.8, 4) is 0 Å². The van der Waals surface area contributed by atoms with E-state index in [0.29, 0.717) is 11.6 Å². The first-order chi connectivity index (χ1) is 7.39. The third-order valence-electron chi connectivity index (χ3n) is 2.08. The van der Waals surface area contributed by atoms with Gasteiger partial charge in [0.25, 0.3) is 0 Å². The molecule has 0 amide bonds. The zero-order valence-corrected chi connectivity index (χ0v) is 10.5. The molecule has 0 spiro atoms. The second-order valence-corrected chi connectivity index (χ2v) is 6.48. The van der Waals surface area contributed by atoms with Gasteiger partial charge in [-0.05, 0) is 24.3 Å². The zero-order chi connectivity index (χ0) is 12.2. The molecule has 1 rings (SSSR count). The van der Waals surface area contributed by atoms with Gasteiger partial charge in [-0.25, -0.2) is 4.39 Å². The van der Waals surface area contributed by atoms with Crippen molar-refractivity contribution in [2.45, 2.75) is 12.3 Å². The minimum Gasteiger partial charge on any atom is -0.385 e. The standard InChI is InChI=1S/C10H14ClFNO2P/c1-16(14,15)10(12)6-7-13-9-4-2-8(11)3-5-9/h2-5,10,13H,6-7H2,1H3,(H,14,15). The molecule has 3 nitrogen and oxygen atoms in total. The van der Waals surface area contributed by atoms with Crippen LogP contribution in [0.3, 0.4) is 0 Å². The molecular formula is C10H14ClFNO2P. The quantitative estimate of drug-likeness (QED) is 0.803. The maximum atomic E-state index is 13.1. The predicted octanol–water partition coefficient (Wildman–Crippen LogP) is 3.34. The summed E-state index contributed by atoms with van der Waals surface area (Å²) in [5.41, 5.74) is 0.806. The van der Waals surface area contributed by atoms with Gasteiger partial charge >= 0.3 is 0 Å². The Balaban J connectivity index is 2.36. The summed E-state index contributed by atoms with van der Waals surface area (Å²) in [4.78, 5) is 8.96. The van der Waals surface area contributed by atoms with Gasteiger partial charge < -0.3 is 10.2 Å². The van der Waals surface area contributed by atoms with Crippen LogP contribution in [0.15, 0.2) is 24.3 Å². The van der Waals surface area contributed by atoms with E-state index in [1.54, 1.807) is 24.3 Å². The maximum absolute atomic E-state index is 13.1. The molecule has 0 radical (unpaired) electrons. The lowest BCUT2D eigenvalue weighted by molar-refractivity contribution is 0.363. The van der Waals surface area contributed by atoms with Crippen LogP contribution in [0.2, 0.25) is 5.02 Å². The van der Waals surface area contributed by atoms with Crippen molar-refractivity contribution >= 4 is 24.7 Å². The van der Waals surface area contributed by atoms with Gasteiger partial charge in [0.1, 0.15) is 0 Å². The average Bonchev–Trinajstić information content (AvgIpc) is 2.19. The molecule has 2 unspecified atom stereocenters. The minimum absolute atomic E-state index is 0.00685. The Morgan fingerprint density at radius 2 is 2.06 bits per heavy atom. The molecule has 0 bridgehead atoms. The Morgan fingerprint density at radius 3 is 2.56 bits per heavy atom. The van der Waals surface area contributed by atoms with Gasteiger partial charge in [0.15, 0.2) is 5.91 Å². The first kappa shape index (κ1) is 13.5. The molecule has 0 aliphatic rings. The molecule has 0 saturated heterocycles. The topological polar surface area (TPSA) is 49.3 Å².